The lowest BCUT2D eigenvalue weighted by Gasteiger charge is -2.32. The summed E-state index contributed by atoms with van der Waals surface area (Å²) in [7, 11) is -1.06. The Labute approximate surface area is 430 Å². The van der Waals surface area contributed by atoms with Gasteiger partial charge in [-0.15, -0.1) is 0 Å². The van der Waals surface area contributed by atoms with Crippen LogP contribution >= 0.6 is 0 Å². The summed E-state index contributed by atoms with van der Waals surface area (Å²) in [5.41, 5.74) is 5.15. The molecule has 1 saturated heterocycles. The first-order chi connectivity index (χ1) is 34.8. The highest BCUT2D eigenvalue weighted by Crippen LogP contribution is 2.36. The first kappa shape index (κ1) is 58.6. The molecule has 0 radical (unpaired) electrons. The number of benzene rings is 1. The number of ketones is 2. The number of aromatic nitrogens is 1. The molecule has 0 aliphatic carbocycles. The predicted octanol–water partition coefficient (Wildman–Crippen LogP) is -2.23. The molecule has 3 aliphatic heterocycles. The number of Topliss-reactive ketones (excluding diaryl/α,β-unsaturated/α-hetero) is 2. The molecule has 3 unspecified atom stereocenters. The smallest absolute Gasteiger partial charge is 0.308 e. The fourth-order valence-corrected chi connectivity index (χ4v) is 11.1. The van der Waals surface area contributed by atoms with Crippen molar-refractivity contribution in [2.24, 2.45) is 29.4 Å². The third kappa shape index (κ3) is 14.7. The second-order valence-corrected chi connectivity index (χ2v) is 21.7. The van der Waals surface area contributed by atoms with Gasteiger partial charge in [-0.05, 0) is 50.8 Å². The molecule has 11 atom stereocenters. The minimum Gasteiger partial charge on any atom is -0.497 e. The fourth-order valence-electron chi connectivity index (χ4n) is 9.42. The van der Waals surface area contributed by atoms with Gasteiger partial charge in [-0.1, -0.05) is 27.2 Å². The van der Waals surface area contributed by atoms with E-state index in [4.69, 9.17) is 15.2 Å². The van der Waals surface area contributed by atoms with Crippen LogP contribution in [0.5, 0.6) is 5.75 Å². The van der Waals surface area contributed by atoms with Crippen molar-refractivity contribution in [3.63, 3.8) is 0 Å². The minimum atomic E-state index is -2.45. The first-order valence-corrected chi connectivity index (χ1v) is 25.9. The van der Waals surface area contributed by atoms with E-state index < -0.39 is 193 Å². The number of hydrogen-bond donors (Lipinski definition) is 9. The van der Waals surface area contributed by atoms with E-state index in [0.29, 0.717) is 23.1 Å². The minimum absolute atomic E-state index is 0.0913. The molecule has 4 heterocycles. The van der Waals surface area contributed by atoms with Crippen LogP contribution in [0.3, 0.4) is 0 Å². The number of hydrogen-bond acceptors (Lipinski definition) is 16. The Hall–Kier alpha value is -6.31. The highest BCUT2D eigenvalue weighted by molar-refractivity contribution is 7.85. The van der Waals surface area contributed by atoms with E-state index in [1.54, 1.807) is 52.8 Å². The number of aliphatic hydroxyl groups is 3. The summed E-state index contributed by atoms with van der Waals surface area (Å²) in [6, 6.07) is -1.52. The zero-order chi connectivity index (χ0) is 54.9. The average Bonchev–Trinajstić information content (AvgIpc) is 3.88. The molecule has 0 spiro atoms. The Kier molecular flexibility index (Phi) is 20.0. The van der Waals surface area contributed by atoms with Crippen LogP contribution in [0.15, 0.2) is 23.2 Å². The van der Waals surface area contributed by atoms with Gasteiger partial charge in [-0.3, -0.25) is 52.2 Å². The molecule has 2 bridgehead atoms. The molecule has 10 N–H and O–H groups in total. The molecular weight excluding hydrogens is 989 g/mol. The maximum atomic E-state index is 15.5. The Morgan fingerprint density at radius 1 is 0.905 bits per heavy atom. The number of aliphatic hydroxyl groups excluding tert-OH is 3. The standard InChI is InChI=1S/C49H70N8O16S/c1-8-24(2)42-46(69)52-19-39(64)53-32-23-74(71)48-31(30-10-9-29(72-7)18-33(30)56(48)12-11-41(66)73-49(4,5)6)13-26(44(67)51-20-40(65)54-42)14-36(61)43(25(3)37(62)22-58)55-45(68)34-17-28(59)21-57(34)47(70)27(15-35(32)60)16-38(50)63/h9-10,18,24-28,32,34,37,42-43,58-59,62H,8,11-17,19-23H2,1-7H3,(H2,50,63)(H,51,67)(H,52,69)(H,53,64)(H,54,65)(H,55,68)/t24-,25-,26?,27-,28?,32?,34-,37-,42-,43-,74+/m0/s1. The van der Waals surface area contributed by atoms with E-state index in [-0.39, 0.29) is 30.0 Å². The van der Waals surface area contributed by atoms with Gasteiger partial charge >= 0.3 is 5.97 Å². The van der Waals surface area contributed by atoms with Crippen molar-refractivity contribution in [3.8, 4) is 5.75 Å². The molecular formula is C49H70N8O16S. The number of carbonyl (C=O) groups is 10. The van der Waals surface area contributed by atoms with Crippen LogP contribution in [0.4, 0.5) is 0 Å². The van der Waals surface area contributed by atoms with Crippen molar-refractivity contribution in [2.45, 2.75) is 140 Å². The van der Waals surface area contributed by atoms with E-state index >= 15 is 4.21 Å². The number of nitrogens with two attached hydrogens (primary N) is 1. The van der Waals surface area contributed by atoms with Gasteiger partial charge in [0.05, 0.1) is 85.5 Å². The lowest BCUT2D eigenvalue weighted by atomic mass is 9.85. The summed E-state index contributed by atoms with van der Waals surface area (Å²) in [6.07, 6.45) is -6.14. The number of primary amides is 1. The van der Waals surface area contributed by atoms with Crippen molar-refractivity contribution in [3.05, 3.63) is 23.8 Å². The fraction of sp³-hybridized carbons (Fsp3) is 0.633. The van der Waals surface area contributed by atoms with Crippen LogP contribution in [0.25, 0.3) is 10.9 Å². The van der Waals surface area contributed by atoms with Gasteiger partial charge in [0.25, 0.3) is 0 Å². The Bertz CT molecular complexity index is 2530. The molecule has 25 heteroatoms. The van der Waals surface area contributed by atoms with Crippen LogP contribution in [-0.2, 0) is 76.4 Å². The van der Waals surface area contributed by atoms with E-state index in [2.05, 4.69) is 26.6 Å². The van der Waals surface area contributed by atoms with Crippen LogP contribution in [-0.4, -0.2) is 169 Å². The third-order valence-electron chi connectivity index (χ3n) is 13.5. The molecule has 5 rings (SSSR count). The van der Waals surface area contributed by atoms with Crippen LogP contribution < -0.4 is 37.1 Å². The van der Waals surface area contributed by atoms with E-state index in [1.807, 2.05) is 0 Å². The largest absolute Gasteiger partial charge is 0.497 e. The van der Waals surface area contributed by atoms with Crippen LogP contribution in [0, 0.1) is 23.7 Å². The summed E-state index contributed by atoms with van der Waals surface area (Å²) in [5.74, 6) is -14.5. The van der Waals surface area contributed by atoms with Crippen molar-refractivity contribution < 1.29 is 76.9 Å². The quantitative estimate of drug-likeness (QED) is 0.108. The normalized spacial score (nSPS) is 26.6. The summed E-state index contributed by atoms with van der Waals surface area (Å²) in [5, 5.41) is 44.7. The molecule has 24 nitrogen and oxygen atoms in total. The molecule has 74 heavy (non-hydrogen) atoms. The Morgan fingerprint density at radius 3 is 2.19 bits per heavy atom. The number of methoxy groups -OCH3 is 1. The van der Waals surface area contributed by atoms with Crippen molar-refractivity contribution >= 4 is 80.6 Å². The number of rotatable bonds is 11. The molecule has 2 aromatic rings. The molecule has 3 aliphatic rings. The van der Waals surface area contributed by atoms with Gasteiger partial charge in [-0.2, -0.15) is 0 Å². The highest BCUT2D eigenvalue weighted by atomic mass is 32.2. The highest BCUT2D eigenvalue weighted by Gasteiger charge is 2.45. The van der Waals surface area contributed by atoms with Gasteiger partial charge in [0, 0.05) is 62.1 Å². The van der Waals surface area contributed by atoms with Crippen LogP contribution in [0.1, 0.15) is 85.6 Å². The SMILES string of the molecule is CC[C@H](C)[C@@H]1NC(=O)CNC(=O)C2CC(=O)[C@H]([C@@H](C)[C@@H](O)CO)NC(=O)[C@@H]3CC(O)CN3C(=O)[C@H](CC(N)=O)CC(=O)C(C[S@@](=O)c3c(c4ccc(OC)cc4n3CCC(=O)OC(C)(C)C)C2)NC(=O)CNC1=O. The number of aryl methyl sites for hydroxylation is 1. The molecule has 1 aromatic heterocycles. The van der Waals surface area contributed by atoms with Gasteiger partial charge in [-0.25, -0.2) is 0 Å². The lowest BCUT2D eigenvalue weighted by molar-refractivity contribution is -0.155. The summed E-state index contributed by atoms with van der Waals surface area (Å²) >= 11 is 0. The maximum Gasteiger partial charge on any atom is 0.308 e. The lowest BCUT2D eigenvalue weighted by Crippen LogP contribution is -2.56. The predicted molar refractivity (Wildman–Crippen MR) is 264 cm³/mol. The molecule has 1 fully saturated rings. The average molecular weight is 1060 g/mol. The van der Waals surface area contributed by atoms with Gasteiger partial charge in [0.15, 0.2) is 11.6 Å². The number of nitrogens with zero attached hydrogens (tertiary/aromatic N) is 2. The number of carbonyl (C=O) groups excluding carboxylic acids is 10. The summed E-state index contributed by atoms with van der Waals surface area (Å²) < 4.78 is 28.1. The summed E-state index contributed by atoms with van der Waals surface area (Å²) in [6.45, 7) is 6.65. The number of amides is 7. The zero-order valence-corrected chi connectivity index (χ0v) is 43.5. The first-order valence-electron chi connectivity index (χ1n) is 24.6. The maximum absolute atomic E-state index is 15.5. The van der Waals surface area contributed by atoms with Gasteiger partial charge in [0.1, 0.15) is 28.5 Å². The van der Waals surface area contributed by atoms with Crippen molar-refractivity contribution in [2.75, 3.05) is 39.1 Å². The summed E-state index contributed by atoms with van der Waals surface area (Å²) in [4.78, 5) is 141. The second kappa shape index (κ2) is 25.3. The van der Waals surface area contributed by atoms with E-state index in [1.165, 1.54) is 18.6 Å². The third-order valence-corrected chi connectivity index (χ3v) is 15.1. The number of nitrogens with one attached hydrogen (secondary N) is 5. The topological polar surface area (TPSA) is 361 Å². The van der Waals surface area contributed by atoms with E-state index in [0.717, 1.165) is 4.90 Å². The number of esters is 1. The molecule has 7 amide bonds. The van der Waals surface area contributed by atoms with E-state index in [9.17, 15) is 63.3 Å². The number of ether oxygens (including phenoxy) is 2. The molecule has 408 valence electrons. The van der Waals surface area contributed by atoms with Gasteiger partial charge in [0.2, 0.25) is 41.4 Å². The van der Waals surface area contributed by atoms with Crippen LogP contribution in [0.2, 0.25) is 0 Å². The molecule has 0 saturated carbocycles. The van der Waals surface area contributed by atoms with Crippen molar-refractivity contribution in [1.82, 2.24) is 36.1 Å². The Balaban J connectivity index is 1.84. The van der Waals surface area contributed by atoms with Crippen molar-refractivity contribution in [1.29, 1.82) is 0 Å². The Morgan fingerprint density at radius 2 is 1.57 bits per heavy atom. The molecule has 1 aromatic carbocycles. The zero-order valence-electron chi connectivity index (χ0n) is 42.7. The monoisotopic (exact) mass is 1060 g/mol. The second-order valence-electron chi connectivity index (χ2n) is 20.3. The number of fused-ring (bicyclic) bond motifs is 5. The van der Waals surface area contributed by atoms with Gasteiger partial charge < -0.3 is 66.6 Å².